The van der Waals surface area contributed by atoms with E-state index in [9.17, 15) is 9.18 Å². The van der Waals surface area contributed by atoms with Gasteiger partial charge < -0.3 is 11.1 Å². The van der Waals surface area contributed by atoms with Gasteiger partial charge in [-0.1, -0.05) is 0 Å². The van der Waals surface area contributed by atoms with Crippen molar-refractivity contribution < 1.29 is 9.18 Å². The Kier molecular flexibility index (Phi) is 2.35. The monoisotopic (exact) mass is 260 g/mol. The first-order chi connectivity index (χ1) is 8.99. The maximum absolute atomic E-state index is 14.0. The number of benzene rings is 1. The number of hydrogen-bond acceptors (Lipinski definition) is 3. The largest absolute Gasteiger partial charge is 0.383 e. The summed E-state index contributed by atoms with van der Waals surface area (Å²) >= 11 is 0. The molecule has 98 valence electrons. The molecular weight excluding hydrogens is 247 g/mol. The van der Waals surface area contributed by atoms with Gasteiger partial charge in [-0.2, -0.15) is 5.10 Å². The van der Waals surface area contributed by atoms with Crippen LogP contribution in [-0.4, -0.2) is 15.7 Å². The van der Waals surface area contributed by atoms with E-state index in [1.54, 1.807) is 26.2 Å². The molecule has 5 nitrogen and oxygen atoms in total. The summed E-state index contributed by atoms with van der Waals surface area (Å²) in [6.07, 6.45) is 1.59. The molecule has 2 aromatic rings. The number of nitrogens with one attached hydrogen (secondary N) is 1. The van der Waals surface area contributed by atoms with Crippen LogP contribution in [0, 0.1) is 5.82 Å². The van der Waals surface area contributed by atoms with E-state index in [-0.39, 0.29) is 17.5 Å². The van der Waals surface area contributed by atoms with Crippen LogP contribution < -0.4 is 11.1 Å². The number of halogens is 1. The SMILES string of the molecule is CC1C(=O)Nc2c(F)cc(-c3cnn(C)c3N)cc21. The minimum atomic E-state index is -0.451. The van der Waals surface area contributed by atoms with E-state index in [2.05, 4.69) is 10.4 Å². The van der Waals surface area contributed by atoms with E-state index < -0.39 is 5.82 Å². The van der Waals surface area contributed by atoms with E-state index in [1.807, 2.05) is 0 Å². The zero-order valence-corrected chi connectivity index (χ0v) is 10.6. The molecule has 2 heterocycles. The second kappa shape index (κ2) is 3.81. The summed E-state index contributed by atoms with van der Waals surface area (Å²) < 4.78 is 15.6. The quantitative estimate of drug-likeness (QED) is 0.822. The summed E-state index contributed by atoms with van der Waals surface area (Å²) in [7, 11) is 1.72. The van der Waals surface area contributed by atoms with Gasteiger partial charge in [-0.05, 0) is 30.2 Å². The molecule has 3 N–H and O–H groups in total. The van der Waals surface area contributed by atoms with Crippen LogP contribution in [-0.2, 0) is 11.8 Å². The van der Waals surface area contributed by atoms with Crippen molar-refractivity contribution in [2.75, 3.05) is 11.1 Å². The summed E-state index contributed by atoms with van der Waals surface area (Å²) in [4.78, 5) is 11.6. The van der Waals surface area contributed by atoms with Gasteiger partial charge >= 0.3 is 0 Å². The summed E-state index contributed by atoms with van der Waals surface area (Å²) in [5.74, 6) is -0.537. The Balaban J connectivity index is 2.19. The standard InChI is InChI=1S/C13H13FN4O/c1-6-8-3-7(9-5-16-18(2)12(9)15)4-10(14)11(8)17-13(6)19/h3-6H,15H2,1-2H3,(H,17,19). The Morgan fingerprint density at radius 3 is 2.84 bits per heavy atom. The Labute approximate surface area is 109 Å². The lowest BCUT2D eigenvalue weighted by Gasteiger charge is -2.07. The molecule has 1 atom stereocenters. The topological polar surface area (TPSA) is 72.9 Å². The Morgan fingerprint density at radius 1 is 1.47 bits per heavy atom. The first-order valence-electron chi connectivity index (χ1n) is 5.91. The molecular formula is C13H13FN4O. The van der Waals surface area contributed by atoms with Crippen LogP contribution in [0.1, 0.15) is 18.4 Å². The molecule has 1 aromatic carbocycles. The average molecular weight is 260 g/mol. The Morgan fingerprint density at radius 2 is 2.21 bits per heavy atom. The lowest BCUT2D eigenvalue weighted by atomic mass is 9.98. The minimum absolute atomic E-state index is 0.190. The van der Waals surface area contributed by atoms with Crippen molar-refractivity contribution >= 4 is 17.4 Å². The van der Waals surface area contributed by atoms with Crippen molar-refractivity contribution in [3.05, 3.63) is 29.7 Å². The van der Waals surface area contributed by atoms with Crippen LogP contribution in [0.2, 0.25) is 0 Å². The van der Waals surface area contributed by atoms with Gasteiger partial charge in [0.05, 0.1) is 17.8 Å². The molecule has 1 amide bonds. The molecule has 0 spiro atoms. The highest BCUT2D eigenvalue weighted by Crippen LogP contribution is 2.38. The molecule has 19 heavy (non-hydrogen) atoms. The number of carbonyl (C=O) groups excluding carboxylic acids is 1. The van der Waals surface area contributed by atoms with Crippen molar-refractivity contribution in [2.45, 2.75) is 12.8 Å². The number of carbonyl (C=O) groups is 1. The maximum atomic E-state index is 14.0. The molecule has 0 saturated carbocycles. The second-order valence-corrected chi connectivity index (χ2v) is 4.70. The first kappa shape index (κ1) is 11.7. The number of aromatic nitrogens is 2. The normalized spacial score (nSPS) is 17.4. The molecule has 1 aliphatic heterocycles. The highest BCUT2D eigenvalue weighted by Gasteiger charge is 2.30. The molecule has 1 unspecified atom stereocenters. The van der Waals surface area contributed by atoms with Crippen molar-refractivity contribution in [3.8, 4) is 11.1 Å². The number of nitrogens with two attached hydrogens (primary N) is 1. The lowest BCUT2D eigenvalue weighted by molar-refractivity contribution is -0.116. The predicted octanol–water partition coefficient (Wildman–Crippen LogP) is 1.86. The Hall–Kier alpha value is -2.37. The maximum Gasteiger partial charge on any atom is 0.231 e. The number of nitrogens with zero attached hydrogens (tertiary/aromatic N) is 2. The molecule has 6 heteroatoms. The van der Waals surface area contributed by atoms with E-state index in [4.69, 9.17) is 5.73 Å². The van der Waals surface area contributed by atoms with Crippen molar-refractivity contribution in [3.63, 3.8) is 0 Å². The number of aryl methyl sites for hydroxylation is 1. The fourth-order valence-corrected chi connectivity index (χ4v) is 2.30. The van der Waals surface area contributed by atoms with Crippen molar-refractivity contribution in [1.29, 1.82) is 0 Å². The van der Waals surface area contributed by atoms with Gasteiger partial charge in [-0.25, -0.2) is 4.39 Å². The molecule has 0 aliphatic carbocycles. The molecule has 1 aliphatic rings. The van der Waals surface area contributed by atoms with Crippen molar-refractivity contribution in [2.24, 2.45) is 7.05 Å². The van der Waals surface area contributed by atoms with Gasteiger partial charge in [0.25, 0.3) is 0 Å². The van der Waals surface area contributed by atoms with E-state index in [0.717, 1.165) is 0 Å². The van der Waals surface area contributed by atoms with Crippen LogP contribution in [0.25, 0.3) is 11.1 Å². The van der Waals surface area contributed by atoms with E-state index in [0.29, 0.717) is 22.5 Å². The van der Waals surface area contributed by atoms with E-state index >= 15 is 0 Å². The smallest absolute Gasteiger partial charge is 0.231 e. The number of nitrogen functional groups attached to an aromatic ring is 1. The number of amides is 1. The highest BCUT2D eigenvalue weighted by atomic mass is 19.1. The van der Waals surface area contributed by atoms with Crippen LogP contribution in [0.5, 0.6) is 0 Å². The molecule has 0 saturated heterocycles. The molecule has 1 aromatic heterocycles. The number of fused-ring (bicyclic) bond motifs is 1. The third kappa shape index (κ3) is 1.60. The zero-order valence-electron chi connectivity index (χ0n) is 10.6. The van der Waals surface area contributed by atoms with Gasteiger partial charge in [0.2, 0.25) is 5.91 Å². The first-order valence-corrected chi connectivity index (χ1v) is 5.91. The van der Waals surface area contributed by atoms with Gasteiger partial charge in [-0.3, -0.25) is 9.48 Å². The van der Waals surface area contributed by atoms with Gasteiger partial charge in [0.15, 0.2) is 0 Å². The van der Waals surface area contributed by atoms with Crippen LogP contribution in [0.3, 0.4) is 0 Å². The van der Waals surface area contributed by atoms with Gasteiger partial charge in [-0.15, -0.1) is 0 Å². The van der Waals surface area contributed by atoms with Gasteiger partial charge in [0.1, 0.15) is 11.6 Å². The summed E-state index contributed by atoms with van der Waals surface area (Å²) in [6.45, 7) is 1.75. The molecule has 0 radical (unpaired) electrons. The summed E-state index contributed by atoms with van der Waals surface area (Å²) in [5.41, 5.74) is 8.10. The fourth-order valence-electron chi connectivity index (χ4n) is 2.30. The van der Waals surface area contributed by atoms with Crippen molar-refractivity contribution in [1.82, 2.24) is 9.78 Å². The second-order valence-electron chi connectivity index (χ2n) is 4.70. The summed E-state index contributed by atoms with van der Waals surface area (Å²) in [6, 6.07) is 3.15. The fraction of sp³-hybridized carbons (Fsp3) is 0.231. The van der Waals surface area contributed by atoms with Crippen LogP contribution in [0.4, 0.5) is 15.9 Å². The molecule has 0 fully saturated rings. The summed E-state index contributed by atoms with van der Waals surface area (Å²) in [5, 5.41) is 6.58. The molecule has 0 bridgehead atoms. The Bertz CT molecular complexity index is 692. The number of rotatable bonds is 1. The number of hydrogen-bond donors (Lipinski definition) is 2. The van der Waals surface area contributed by atoms with Crippen LogP contribution >= 0.6 is 0 Å². The van der Waals surface area contributed by atoms with Gasteiger partial charge in [0, 0.05) is 12.6 Å². The van der Waals surface area contributed by atoms with E-state index in [1.165, 1.54) is 10.7 Å². The molecule has 3 rings (SSSR count). The predicted molar refractivity (Wildman–Crippen MR) is 70.1 cm³/mol. The number of anilines is 2. The minimum Gasteiger partial charge on any atom is -0.383 e. The third-order valence-electron chi connectivity index (χ3n) is 3.52. The van der Waals surface area contributed by atoms with Crippen LogP contribution in [0.15, 0.2) is 18.3 Å². The highest BCUT2D eigenvalue weighted by molar-refractivity contribution is 6.03. The third-order valence-corrected chi connectivity index (χ3v) is 3.52. The zero-order chi connectivity index (χ0) is 13.7. The lowest BCUT2D eigenvalue weighted by Crippen LogP contribution is -2.08. The average Bonchev–Trinajstić information content (AvgIpc) is 2.84.